The van der Waals surface area contributed by atoms with Gasteiger partial charge in [-0.25, -0.2) is 4.98 Å². The second kappa shape index (κ2) is 9.33. The van der Waals surface area contributed by atoms with Gasteiger partial charge in [0.25, 0.3) is 0 Å². The molecule has 1 aromatic carbocycles. The molecule has 2 heterocycles. The number of carbonyl (C=O) groups is 1. The van der Waals surface area contributed by atoms with Crippen LogP contribution in [0.25, 0.3) is 10.4 Å². The average molecular weight is 436 g/mol. The van der Waals surface area contributed by atoms with E-state index in [9.17, 15) is 15.2 Å². The van der Waals surface area contributed by atoms with Gasteiger partial charge in [0, 0.05) is 21.8 Å². The normalized spacial score (nSPS) is 13.2. The first-order chi connectivity index (χ1) is 14.7. The van der Waals surface area contributed by atoms with Crippen molar-refractivity contribution in [2.24, 2.45) is 0 Å². The lowest BCUT2D eigenvalue weighted by molar-refractivity contribution is -0.113. The van der Waals surface area contributed by atoms with Crippen LogP contribution in [0.15, 0.2) is 46.8 Å². The summed E-state index contributed by atoms with van der Waals surface area (Å²) in [5, 5.41) is 24.8. The van der Waals surface area contributed by atoms with Gasteiger partial charge in [0.2, 0.25) is 5.91 Å². The minimum Gasteiger partial charge on any atom is -0.508 e. The van der Waals surface area contributed by atoms with Crippen molar-refractivity contribution in [3.63, 3.8) is 0 Å². The Morgan fingerprint density at radius 1 is 1.20 bits per heavy atom. The number of carbonyl (C=O) groups excluding carboxylic acids is 1. The van der Waals surface area contributed by atoms with Crippen molar-refractivity contribution < 1.29 is 9.90 Å². The van der Waals surface area contributed by atoms with Gasteiger partial charge < -0.3 is 10.4 Å². The quantitative estimate of drug-likeness (QED) is 0.319. The smallest absolute Gasteiger partial charge is 0.234 e. The molecule has 152 valence electrons. The molecule has 1 amide bonds. The van der Waals surface area contributed by atoms with Crippen LogP contribution < -0.4 is 5.32 Å². The largest absolute Gasteiger partial charge is 0.508 e. The van der Waals surface area contributed by atoms with Gasteiger partial charge in [-0.3, -0.25) is 4.79 Å². The Kier molecular flexibility index (Phi) is 6.36. The number of thiophene rings is 1. The van der Waals surface area contributed by atoms with E-state index in [1.165, 1.54) is 35.9 Å². The molecule has 2 N–H and O–H groups in total. The zero-order valence-corrected chi connectivity index (χ0v) is 18.0. The van der Waals surface area contributed by atoms with Crippen molar-refractivity contribution in [3.05, 3.63) is 58.6 Å². The highest BCUT2D eigenvalue weighted by Gasteiger charge is 2.23. The van der Waals surface area contributed by atoms with Crippen molar-refractivity contribution in [1.29, 1.82) is 5.26 Å². The molecule has 5 nitrogen and oxygen atoms in total. The fourth-order valence-corrected chi connectivity index (χ4v) is 5.28. The lowest BCUT2D eigenvalue weighted by Crippen LogP contribution is -2.14. The minimum atomic E-state index is -0.177. The molecule has 0 saturated carbocycles. The second-order valence-corrected chi connectivity index (χ2v) is 9.04. The number of aryl methyl sites for hydroxylation is 1. The summed E-state index contributed by atoms with van der Waals surface area (Å²) < 4.78 is 0. The number of nitrogens with zero attached hydrogens (tertiary/aromatic N) is 2. The molecule has 30 heavy (non-hydrogen) atoms. The third-order valence-electron chi connectivity index (χ3n) is 5.06. The van der Waals surface area contributed by atoms with Crippen LogP contribution in [0.4, 0.5) is 5.69 Å². The molecule has 0 saturated heterocycles. The van der Waals surface area contributed by atoms with E-state index in [0.29, 0.717) is 16.3 Å². The van der Waals surface area contributed by atoms with Gasteiger partial charge in [0.15, 0.2) is 0 Å². The van der Waals surface area contributed by atoms with E-state index in [2.05, 4.69) is 17.5 Å². The summed E-state index contributed by atoms with van der Waals surface area (Å²) in [7, 11) is 0. The number of rotatable bonds is 5. The maximum Gasteiger partial charge on any atom is 0.234 e. The summed E-state index contributed by atoms with van der Waals surface area (Å²) >= 11 is 2.94. The Morgan fingerprint density at radius 3 is 2.73 bits per heavy atom. The first-order valence-corrected chi connectivity index (χ1v) is 11.7. The second-order valence-electron chi connectivity index (χ2n) is 7.13. The van der Waals surface area contributed by atoms with Crippen molar-refractivity contribution >= 4 is 34.7 Å². The number of pyridine rings is 1. The number of aromatic hydroxyl groups is 1. The number of nitrogens with one attached hydrogen (secondary N) is 1. The first-order valence-electron chi connectivity index (χ1n) is 9.87. The van der Waals surface area contributed by atoms with E-state index in [-0.39, 0.29) is 17.4 Å². The molecule has 7 heteroatoms. The summed E-state index contributed by atoms with van der Waals surface area (Å²) in [6.07, 6.45) is 5.23. The van der Waals surface area contributed by atoms with Crippen LogP contribution in [0.3, 0.4) is 0 Å². The Hall–Kier alpha value is -2.82. The number of anilines is 1. The Labute approximate surface area is 183 Å². The first kappa shape index (κ1) is 20.5. The molecule has 0 unspecified atom stereocenters. The van der Waals surface area contributed by atoms with Crippen molar-refractivity contribution in [2.45, 2.75) is 37.1 Å². The highest BCUT2D eigenvalue weighted by Crippen LogP contribution is 2.39. The number of hydrogen-bond donors (Lipinski definition) is 2. The Balaban J connectivity index is 1.62. The van der Waals surface area contributed by atoms with E-state index in [4.69, 9.17) is 4.98 Å². The van der Waals surface area contributed by atoms with Crippen molar-refractivity contribution in [2.75, 3.05) is 11.1 Å². The van der Waals surface area contributed by atoms with Crippen LogP contribution in [-0.2, 0) is 17.6 Å². The zero-order chi connectivity index (χ0) is 20.9. The lowest BCUT2D eigenvalue weighted by atomic mass is 9.97. The van der Waals surface area contributed by atoms with E-state index < -0.39 is 0 Å². The fourth-order valence-electron chi connectivity index (χ4n) is 3.67. The molecule has 0 radical (unpaired) electrons. The molecular weight excluding hydrogens is 414 g/mol. The van der Waals surface area contributed by atoms with Gasteiger partial charge in [-0.15, -0.1) is 11.3 Å². The number of phenolic OH excluding ortho intramolecular Hbond substituents is 1. The number of benzene rings is 1. The van der Waals surface area contributed by atoms with Gasteiger partial charge in [-0.2, -0.15) is 5.26 Å². The lowest BCUT2D eigenvalue weighted by Gasteiger charge is -2.16. The molecular formula is C23H21N3O2S2. The molecule has 0 fully saturated rings. The van der Waals surface area contributed by atoms with Gasteiger partial charge in [-0.05, 0) is 67.0 Å². The van der Waals surface area contributed by atoms with Crippen LogP contribution >= 0.6 is 23.1 Å². The molecule has 0 spiro atoms. The number of amides is 1. The third-order valence-corrected chi connectivity index (χ3v) is 6.92. The predicted octanol–water partition coefficient (Wildman–Crippen LogP) is 5.39. The molecule has 3 aromatic rings. The van der Waals surface area contributed by atoms with E-state index >= 15 is 0 Å². The number of fused-ring (bicyclic) bond motifs is 1. The van der Waals surface area contributed by atoms with Crippen LogP contribution in [0.5, 0.6) is 5.75 Å². The summed E-state index contributed by atoms with van der Waals surface area (Å²) in [4.78, 5) is 18.3. The van der Waals surface area contributed by atoms with Gasteiger partial charge >= 0.3 is 0 Å². The fraction of sp³-hybridized carbons (Fsp3) is 0.261. The molecule has 0 aliphatic heterocycles. The van der Waals surface area contributed by atoms with Crippen molar-refractivity contribution in [3.8, 4) is 22.3 Å². The maximum absolute atomic E-state index is 12.4. The van der Waals surface area contributed by atoms with Crippen LogP contribution in [0.2, 0.25) is 0 Å². The molecule has 1 aliphatic rings. The van der Waals surface area contributed by atoms with Gasteiger partial charge in [-0.1, -0.05) is 24.2 Å². The SMILES string of the molecule is N#Cc1c(SCC(=O)Nc2ccc(O)cc2)nc2c(c1-c1cccs1)CCCCC2. The van der Waals surface area contributed by atoms with E-state index in [1.807, 2.05) is 11.4 Å². The van der Waals surface area contributed by atoms with Crippen LogP contribution in [0.1, 0.15) is 36.1 Å². The zero-order valence-electron chi connectivity index (χ0n) is 16.4. The molecule has 4 rings (SSSR count). The van der Waals surface area contributed by atoms with Gasteiger partial charge in [0.1, 0.15) is 16.8 Å². The molecule has 0 atom stereocenters. The molecule has 1 aliphatic carbocycles. The maximum atomic E-state index is 12.4. The minimum absolute atomic E-state index is 0.149. The molecule has 2 aromatic heterocycles. The summed E-state index contributed by atoms with van der Waals surface area (Å²) in [5.41, 5.74) is 4.45. The van der Waals surface area contributed by atoms with Gasteiger partial charge in [0.05, 0.1) is 11.3 Å². The van der Waals surface area contributed by atoms with E-state index in [0.717, 1.165) is 41.8 Å². The Bertz CT molecular complexity index is 1090. The number of thioether (sulfide) groups is 1. The predicted molar refractivity (Wildman–Crippen MR) is 121 cm³/mol. The number of hydrogen-bond acceptors (Lipinski definition) is 6. The van der Waals surface area contributed by atoms with Crippen LogP contribution in [-0.4, -0.2) is 21.8 Å². The molecule has 0 bridgehead atoms. The van der Waals surface area contributed by atoms with Crippen molar-refractivity contribution in [1.82, 2.24) is 4.98 Å². The van der Waals surface area contributed by atoms with E-state index in [1.54, 1.807) is 23.5 Å². The average Bonchev–Trinajstić information content (AvgIpc) is 3.18. The van der Waals surface area contributed by atoms with Crippen LogP contribution in [0, 0.1) is 11.3 Å². The highest BCUT2D eigenvalue weighted by atomic mass is 32.2. The number of phenols is 1. The highest BCUT2D eigenvalue weighted by molar-refractivity contribution is 8.00. The summed E-state index contributed by atoms with van der Waals surface area (Å²) in [6, 6.07) is 12.8. The summed E-state index contributed by atoms with van der Waals surface area (Å²) in [6.45, 7) is 0. The number of nitriles is 1. The standard InChI is InChI=1S/C23H21N3O2S2/c24-13-18-22(20-7-4-12-29-20)17-5-2-1-3-6-19(17)26-23(18)30-14-21(28)25-15-8-10-16(27)11-9-15/h4,7-12,27H,1-3,5-6,14H2,(H,25,28). The topological polar surface area (TPSA) is 86.0 Å². The summed E-state index contributed by atoms with van der Waals surface area (Å²) in [5.74, 6) is 0.130. The third kappa shape index (κ3) is 4.50. The monoisotopic (exact) mass is 435 g/mol. The Morgan fingerprint density at radius 2 is 2.00 bits per heavy atom. The number of aromatic nitrogens is 1.